The molecule has 3 N–H and O–H groups in total. The number of nitrogens with one attached hydrogen (secondary N) is 3. The number of carbonyl (C=O) groups excluding carboxylic acids is 2. The fraction of sp³-hybridized carbons (Fsp3) is 0.150. The molecular formula is C20H20N4O2. The van der Waals surface area contributed by atoms with Crippen LogP contribution in [0.25, 0.3) is 0 Å². The molecule has 6 nitrogen and oxygen atoms in total. The highest BCUT2D eigenvalue weighted by Crippen LogP contribution is 2.13. The van der Waals surface area contributed by atoms with Crippen molar-refractivity contribution in [3.8, 4) is 6.07 Å². The molecule has 0 bridgehead atoms. The average molecular weight is 348 g/mol. The zero-order chi connectivity index (χ0) is 18.8. The van der Waals surface area contributed by atoms with Crippen LogP contribution in [-0.2, 0) is 16.0 Å². The SMILES string of the molecule is CC(=O)Nc1ccc(N/C=C(/C#N)C(=O)NCCc2ccccc2)cc1. The molecule has 0 radical (unpaired) electrons. The molecule has 2 amide bonds. The van der Waals surface area contributed by atoms with Crippen molar-refractivity contribution in [2.24, 2.45) is 0 Å². The monoisotopic (exact) mass is 348 g/mol. The van der Waals surface area contributed by atoms with E-state index in [2.05, 4.69) is 16.0 Å². The van der Waals surface area contributed by atoms with E-state index in [0.717, 1.165) is 5.56 Å². The Morgan fingerprint density at radius 3 is 2.31 bits per heavy atom. The average Bonchev–Trinajstić information content (AvgIpc) is 2.64. The lowest BCUT2D eigenvalue weighted by atomic mass is 10.1. The van der Waals surface area contributed by atoms with E-state index < -0.39 is 5.91 Å². The Balaban J connectivity index is 1.87. The number of nitriles is 1. The topological polar surface area (TPSA) is 94.0 Å². The molecule has 0 aliphatic rings. The third-order valence-electron chi connectivity index (χ3n) is 3.50. The van der Waals surface area contributed by atoms with Gasteiger partial charge in [-0.05, 0) is 36.2 Å². The minimum atomic E-state index is -0.425. The Bertz CT molecular complexity index is 821. The third-order valence-corrected chi connectivity index (χ3v) is 3.50. The number of carbonyl (C=O) groups is 2. The van der Waals surface area contributed by atoms with Crippen molar-refractivity contribution in [3.63, 3.8) is 0 Å². The van der Waals surface area contributed by atoms with Crippen molar-refractivity contribution >= 4 is 23.2 Å². The van der Waals surface area contributed by atoms with Gasteiger partial charge in [-0.25, -0.2) is 0 Å². The maximum absolute atomic E-state index is 12.1. The Morgan fingerprint density at radius 2 is 1.69 bits per heavy atom. The molecule has 0 saturated heterocycles. The maximum Gasteiger partial charge on any atom is 0.263 e. The molecule has 0 unspecified atom stereocenters. The second-order valence-corrected chi connectivity index (χ2v) is 5.56. The third kappa shape index (κ3) is 6.13. The first-order valence-corrected chi connectivity index (χ1v) is 8.15. The lowest BCUT2D eigenvalue weighted by Gasteiger charge is -2.06. The number of nitrogens with zero attached hydrogens (tertiary/aromatic N) is 1. The molecule has 0 aromatic heterocycles. The Labute approximate surface area is 152 Å². The summed E-state index contributed by atoms with van der Waals surface area (Å²) in [5.41, 5.74) is 2.48. The van der Waals surface area contributed by atoms with E-state index in [-0.39, 0.29) is 11.5 Å². The minimum absolute atomic E-state index is 0.0102. The van der Waals surface area contributed by atoms with Crippen LogP contribution in [0.2, 0.25) is 0 Å². The van der Waals surface area contributed by atoms with Gasteiger partial charge in [0.25, 0.3) is 5.91 Å². The first kappa shape index (κ1) is 18.7. The first-order valence-electron chi connectivity index (χ1n) is 8.15. The van der Waals surface area contributed by atoms with Gasteiger partial charge in [0, 0.05) is 31.0 Å². The van der Waals surface area contributed by atoms with E-state index in [1.54, 1.807) is 24.3 Å². The van der Waals surface area contributed by atoms with Gasteiger partial charge in [0.05, 0.1) is 0 Å². The second-order valence-electron chi connectivity index (χ2n) is 5.56. The van der Waals surface area contributed by atoms with Crippen molar-refractivity contribution in [1.29, 1.82) is 5.26 Å². The van der Waals surface area contributed by atoms with Gasteiger partial charge in [-0.2, -0.15) is 5.26 Å². The van der Waals surface area contributed by atoms with Crippen LogP contribution < -0.4 is 16.0 Å². The van der Waals surface area contributed by atoms with Gasteiger partial charge in [0.1, 0.15) is 11.6 Å². The standard InChI is InChI=1S/C20H20N4O2/c1-15(25)24-19-9-7-18(8-10-19)23-14-17(13-21)20(26)22-12-11-16-5-3-2-4-6-16/h2-10,14,23H,11-12H2,1H3,(H,22,26)(H,24,25)/b17-14-. The van der Waals surface area contributed by atoms with Crippen LogP contribution >= 0.6 is 0 Å². The van der Waals surface area contributed by atoms with Crippen LogP contribution in [0.3, 0.4) is 0 Å². The van der Waals surface area contributed by atoms with Crippen LogP contribution in [0.5, 0.6) is 0 Å². The summed E-state index contributed by atoms with van der Waals surface area (Å²) in [6, 6.07) is 18.6. The van der Waals surface area contributed by atoms with Crippen molar-refractivity contribution in [2.45, 2.75) is 13.3 Å². The summed E-state index contributed by atoms with van der Waals surface area (Å²) < 4.78 is 0. The fourth-order valence-corrected chi connectivity index (χ4v) is 2.22. The largest absolute Gasteiger partial charge is 0.360 e. The Morgan fingerprint density at radius 1 is 1.04 bits per heavy atom. The molecule has 2 aromatic carbocycles. The molecule has 0 aliphatic heterocycles. The number of benzene rings is 2. The predicted octanol–water partition coefficient (Wildman–Crippen LogP) is 2.82. The first-order chi connectivity index (χ1) is 12.6. The zero-order valence-electron chi connectivity index (χ0n) is 14.5. The molecule has 0 heterocycles. The lowest BCUT2D eigenvalue weighted by molar-refractivity contribution is -0.117. The molecule has 0 aliphatic carbocycles. The van der Waals surface area contributed by atoms with Crippen molar-refractivity contribution in [2.75, 3.05) is 17.2 Å². The van der Waals surface area contributed by atoms with E-state index in [0.29, 0.717) is 24.3 Å². The number of hydrogen-bond donors (Lipinski definition) is 3. The minimum Gasteiger partial charge on any atom is -0.360 e. The Kier molecular flexibility index (Phi) is 6.95. The molecular weight excluding hydrogens is 328 g/mol. The van der Waals surface area contributed by atoms with Gasteiger partial charge in [0.15, 0.2) is 0 Å². The normalized spacial score (nSPS) is 10.5. The summed E-state index contributed by atoms with van der Waals surface area (Å²) in [4.78, 5) is 23.1. The van der Waals surface area contributed by atoms with E-state index >= 15 is 0 Å². The summed E-state index contributed by atoms with van der Waals surface area (Å²) >= 11 is 0. The van der Waals surface area contributed by atoms with Crippen molar-refractivity contribution < 1.29 is 9.59 Å². The molecule has 0 atom stereocenters. The summed E-state index contributed by atoms with van der Waals surface area (Å²) in [5.74, 6) is -0.574. The summed E-state index contributed by atoms with van der Waals surface area (Å²) in [5, 5.41) is 17.5. The molecule has 0 fully saturated rings. The highest BCUT2D eigenvalue weighted by Gasteiger charge is 2.08. The fourth-order valence-electron chi connectivity index (χ4n) is 2.22. The van der Waals surface area contributed by atoms with Gasteiger partial charge in [-0.3, -0.25) is 9.59 Å². The van der Waals surface area contributed by atoms with Gasteiger partial charge >= 0.3 is 0 Å². The van der Waals surface area contributed by atoms with Gasteiger partial charge in [0.2, 0.25) is 5.91 Å². The summed E-state index contributed by atoms with van der Waals surface area (Å²) in [6.07, 6.45) is 2.06. The molecule has 6 heteroatoms. The van der Waals surface area contributed by atoms with E-state index in [4.69, 9.17) is 5.26 Å². The molecule has 132 valence electrons. The van der Waals surface area contributed by atoms with E-state index in [1.165, 1.54) is 13.1 Å². The number of anilines is 2. The second kappa shape index (κ2) is 9.64. The quantitative estimate of drug-likeness (QED) is 0.530. The van der Waals surface area contributed by atoms with E-state index in [1.807, 2.05) is 36.4 Å². The van der Waals surface area contributed by atoms with Crippen LogP contribution in [-0.4, -0.2) is 18.4 Å². The maximum atomic E-state index is 12.1. The highest BCUT2D eigenvalue weighted by atomic mass is 16.2. The molecule has 2 rings (SSSR count). The lowest BCUT2D eigenvalue weighted by Crippen LogP contribution is -2.27. The Hall–Kier alpha value is -3.59. The smallest absolute Gasteiger partial charge is 0.263 e. The predicted molar refractivity (Wildman–Crippen MR) is 101 cm³/mol. The van der Waals surface area contributed by atoms with Gasteiger partial charge < -0.3 is 16.0 Å². The molecule has 2 aromatic rings. The van der Waals surface area contributed by atoms with Crippen molar-refractivity contribution in [3.05, 3.63) is 71.9 Å². The van der Waals surface area contributed by atoms with E-state index in [9.17, 15) is 9.59 Å². The van der Waals surface area contributed by atoms with Crippen LogP contribution in [0.15, 0.2) is 66.4 Å². The molecule has 26 heavy (non-hydrogen) atoms. The number of hydrogen-bond acceptors (Lipinski definition) is 4. The summed E-state index contributed by atoms with van der Waals surface area (Å²) in [7, 11) is 0. The number of amides is 2. The van der Waals surface area contributed by atoms with Gasteiger partial charge in [-0.15, -0.1) is 0 Å². The zero-order valence-corrected chi connectivity index (χ0v) is 14.5. The summed E-state index contributed by atoms with van der Waals surface area (Å²) in [6.45, 7) is 1.89. The van der Waals surface area contributed by atoms with Crippen LogP contribution in [0, 0.1) is 11.3 Å². The highest BCUT2D eigenvalue weighted by molar-refractivity contribution is 5.97. The number of rotatable bonds is 7. The molecule has 0 spiro atoms. The van der Waals surface area contributed by atoms with Gasteiger partial charge in [-0.1, -0.05) is 30.3 Å². The van der Waals surface area contributed by atoms with Crippen LogP contribution in [0.4, 0.5) is 11.4 Å². The van der Waals surface area contributed by atoms with Crippen molar-refractivity contribution in [1.82, 2.24) is 5.32 Å². The molecule has 0 saturated carbocycles. The van der Waals surface area contributed by atoms with Crippen LogP contribution in [0.1, 0.15) is 12.5 Å².